The van der Waals surface area contributed by atoms with Crippen molar-refractivity contribution < 1.29 is 107 Å². The fourth-order valence-electron chi connectivity index (χ4n) is 6.08. The number of benzene rings is 1. The Morgan fingerprint density at radius 2 is 1.64 bits per heavy atom. The van der Waals surface area contributed by atoms with Crippen molar-refractivity contribution in [3.8, 4) is 11.3 Å². The molecule has 1 aromatic carbocycles. The zero-order valence-electron chi connectivity index (χ0n) is 27.2. The van der Waals surface area contributed by atoms with Crippen LogP contribution in [0.2, 0.25) is 0 Å². The predicted molar refractivity (Wildman–Crippen MR) is 152 cm³/mol. The molecule has 16 nitrogen and oxygen atoms in total. The van der Waals surface area contributed by atoms with E-state index in [1.807, 2.05) is 0 Å². The number of aliphatic carboxylic acids is 1. The van der Waals surface area contributed by atoms with Crippen molar-refractivity contribution in [1.82, 2.24) is 15.0 Å². The average Bonchev–Trinajstić information content (AvgIpc) is 3.54. The summed E-state index contributed by atoms with van der Waals surface area (Å²) in [5.74, 6) is -1.78. The van der Waals surface area contributed by atoms with Crippen LogP contribution >= 0.6 is 0 Å². The third-order valence-electron chi connectivity index (χ3n) is 8.85. The summed E-state index contributed by atoms with van der Waals surface area (Å²) in [4.78, 5) is 12.1. The summed E-state index contributed by atoms with van der Waals surface area (Å²) in [5, 5.41) is 82.3. The molecule has 0 bridgehead atoms. The Hall–Kier alpha value is -1.82. The van der Waals surface area contributed by atoms with Gasteiger partial charge in [-0.2, -0.15) is 13.2 Å². The molecule has 1 saturated carbocycles. The Labute approximate surface area is 305 Å². The molecule has 0 amide bonds. The maximum Gasteiger partial charge on any atom is 1.00 e. The minimum Gasteiger partial charge on any atom is -0.547 e. The molecular weight excluding hydrogens is 690 g/mol. The number of nitrogens with zero attached hydrogens (tertiary/aromatic N) is 3. The van der Waals surface area contributed by atoms with Crippen LogP contribution in [-0.4, -0.2) is 138 Å². The van der Waals surface area contributed by atoms with E-state index >= 15 is 0 Å². The van der Waals surface area contributed by atoms with E-state index in [-0.39, 0.29) is 40.8 Å². The second-order valence-electron chi connectivity index (χ2n) is 12.3. The molecule has 2 saturated heterocycles. The van der Waals surface area contributed by atoms with Crippen molar-refractivity contribution in [3.63, 3.8) is 0 Å². The summed E-state index contributed by atoms with van der Waals surface area (Å²) >= 11 is 0. The number of carboxylic acids is 1. The van der Waals surface area contributed by atoms with Crippen LogP contribution in [-0.2, 0) is 41.2 Å². The number of carboxylic acid groups (broad SMARTS) is 1. The van der Waals surface area contributed by atoms with Gasteiger partial charge in [0.05, 0.1) is 49.2 Å². The predicted octanol–water partition coefficient (Wildman–Crippen LogP) is -4.92. The van der Waals surface area contributed by atoms with Crippen LogP contribution in [0.1, 0.15) is 38.2 Å². The fraction of sp³-hybridized carbons (Fsp3) is 0.700. The zero-order valence-corrected chi connectivity index (χ0v) is 29.2. The van der Waals surface area contributed by atoms with Crippen molar-refractivity contribution in [2.24, 2.45) is 0 Å². The normalized spacial score (nSPS) is 35.6. The molecule has 1 aromatic heterocycles. The van der Waals surface area contributed by atoms with E-state index in [9.17, 15) is 53.7 Å². The summed E-state index contributed by atoms with van der Waals surface area (Å²) in [6, 6.07) is 4.27. The summed E-state index contributed by atoms with van der Waals surface area (Å²) in [7, 11) is 0. The Morgan fingerprint density at radius 3 is 2.24 bits per heavy atom. The first-order valence-electron chi connectivity index (χ1n) is 15.7. The summed E-state index contributed by atoms with van der Waals surface area (Å²) in [6.45, 7) is 0.120. The van der Waals surface area contributed by atoms with Crippen LogP contribution in [0, 0.1) is 0 Å². The van der Waals surface area contributed by atoms with Gasteiger partial charge in [0.1, 0.15) is 54.5 Å². The minimum absolute atomic E-state index is 0. The molecule has 1 aliphatic carbocycles. The number of alkyl halides is 3. The van der Waals surface area contributed by atoms with Crippen LogP contribution in [0.4, 0.5) is 13.2 Å². The zero-order chi connectivity index (χ0) is 35.6. The molecule has 274 valence electrons. The monoisotopic (exact) mass is 729 g/mol. The van der Waals surface area contributed by atoms with Crippen molar-refractivity contribution in [2.45, 2.75) is 125 Å². The molecule has 0 radical (unpaired) electrons. The second-order valence-corrected chi connectivity index (χ2v) is 12.3. The fourth-order valence-corrected chi connectivity index (χ4v) is 6.08. The summed E-state index contributed by atoms with van der Waals surface area (Å²) < 4.78 is 69.3. The molecule has 3 heterocycles. The van der Waals surface area contributed by atoms with Gasteiger partial charge in [-0.3, -0.25) is 0 Å². The number of carbonyl (C=O) groups is 1. The molecule has 2 aromatic rings. The molecule has 13 atom stereocenters. The first-order valence-corrected chi connectivity index (χ1v) is 15.7. The number of halogens is 3. The van der Waals surface area contributed by atoms with Gasteiger partial charge in [0.2, 0.25) is 0 Å². The molecule has 3 aliphatic rings. The summed E-state index contributed by atoms with van der Waals surface area (Å²) in [5.41, 5.74) is -0.864. The van der Waals surface area contributed by atoms with Crippen LogP contribution in [0.5, 0.6) is 0 Å². The molecular formula is C30H39F3N3NaO13. The minimum atomic E-state index is -4.61. The van der Waals surface area contributed by atoms with E-state index in [4.69, 9.17) is 23.7 Å². The first kappa shape index (κ1) is 40.9. The quantitative estimate of drug-likeness (QED) is 0.119. The number of hydrogen-bond donors (Lipinski definition) is 6. The summed E-state index contributed by atoms with van der Waals surface area (Å²) in [6.07, 6.45) is -19.6. The van der Waals surface area contributed by atoms with Crippen LogP contribution < -0.4 is 34.7 Å². The molecule has 50 heavy (non-hydrogen) atoms. The topological polar surface area (TPSA) is 238 Å². The van der Waals surface area contributed by atoms with E-state index in [2.05, 4.69) is 10.3 Å². The van der Waals surface area contributed by atoms with Gasteiger partial charge >= 0.3 is 35.7 Å². The Balaban J connectivity index is 0.00000562. The number of hydrogen-bond acceptors (Lipinski definition) is 15. The molecule has 6 N–H and O–H groups in total. The SMILES string of the molecule is C[C@@H]1O[C@@H](O[C@@H]2CCCC[C@H]2O[C@@H]2O[C@H](CO)[C@H](O)[C@H](O[C@@H](Cn3cc(-c4cccc(C(F)(F)F)c4)nn3)C(=O)[O-])[C@H]2O)[C@@H](O)[C@H](O)[C@@H]1O.[Na+]. The van der Waals surface area contributed by atoms with Gasteiger partial charge in [-0.05, 0) is 31.9 Å². The van der Waals surface area contributed by atoms with Crippen molar-refractivity contribution in [3.05, 3.63) is 36.0 Å². The van der Waals surface area contributed by atoms with Gasteiger partial charge in [0, 0.05) is 5.56 Å². The molecule has 2 aliphatic heterocycles. The number of ether oxygens (including phenoxy) is 5. The molecule has 3 fully saturated rings. The van der Waals surface area contributed by atoms with Gasteiger partial charge in [-0.1, -0.05) is 30.2 Å². The van der Waals surface area contributed by atoms with Crippen LogP contribution in [0.25, 0.3) is 11.3 Å². The molecule has 0 spiro atoms. The maximum atomic E-state index is 13.2. The van der Waals surface area contributed by atoms with Crippen molar-refractivity contribution in [2.75, 3.05) is 6.61 Å². The smallest absolute Gasteiger partial charge is 0.547 e. The Kier molecular flexibility index (Phi) is 14.2. The number of aromatic nitrogens is 3. The van der Waals surface area contributed by atoms with Gasteiger partial charge in [-0.15, -0.1) is 5.10 Å². The Morgan fingerprint density at radius 1 is 1.00 bits per heavy atom. The molecule has 0 unspecified atom stereocenters. The Bertz CT molecular complexity index is 1410. The van der Waals surface area contributed by atoms with Gasteiger partial charge in [-0.25, -0.2) is 4.68 Å². The maximum absolute atomic E-state index is 13.2. The van der Waals surface area contributed by atoms with Crippen LogP contribution in [0.3, 0.4) is 0 Å². The third-order valence-corrected chi connectivity index (χ3v) is 8.85. The van der Waals surface area contributed by atoms with E-state index in [0.717, 1.165) is 16.8 Å². The van der Waals surface area contributed by atoms with E-state index < -0.39 is 111 Å². The first-order chi connectivity index (χ1) is 23.2. The largest absolute Gasteiger partial charge is 1.00 e. The third kappa shape index (κ3) is 9.39. The molecule has 5 rings (SSSR count). The van der Waals surface area contributed by atoms with E-state index in [1.165, 1.54) is 25.3 Å². The van der Waals surface area contributed by atoms with E-state index in [1.54, 1.807) is 0 Å². The second kappa shape index (κ2) is 17.3. The number of rotatable bonds is 11. The van der Waals surface area contributed by atoms with Crippen molar-refractivity contribution >= 4 is 5.97 Å². The number of aliphatic hydroxyl groups is 6. The van der Waals surface area contributed by atoms with Crippen LogP contribution in [0.15, 0.2) is 30.5 Å². The van der Waals surface area contributed by atoms with Crippen molar-refractivity contribution in [1.29, 1.82) is 0 Å². The van der Waals surface area contributed by atoms with Gasteiger partial charge in [0.15, 0.2) is 12.6 Å². The molecule has 20 heteroatoms. The number of carbonyl (C=O) groups excluding carboxylic acids is 1. The van der Waals surface area contributed by atoms with Gasteiger partial charge in [0.25, 0.3) is 0 Å². The number of aliphatic hydroxyl groups excluding tert-OH is 6. The standard InChI is InChI=1S/C30H40F3N3O13.Na/c1-13-21(38)23(40)24(41)28(45-13)47-17-7-2-3-8-18(17)48-29-25(42)26(22(39)20(12-37)49-29)46-19(27(43)44)11-36-10-16(34-35-36)14-5-4-6-15(9-14)30(31,32)33;/h4-6,9-10,13,17-26,28-29,37-42H,2-3,7-8,11-12H2,1H3,(H,43,44);/q;+1/p-1/t13-,17+,18+,19-,20+,21+,22-,23+,24-,25+,26-,28-,29+;/m0./s1. The van der Waals surface area contributed by atoms with E-state index in [0.29, 0.717) is 25.7 Å². The average molecular weight is 730 g/mol. The van der Waals surface area contributed by atoms with Gasteiger partial charge < -0.3 is 64.2 Å².